The number of rotatable bonds is 12. The Kier molecular flexibility index (Phi) is 9.45. The van der Waals surface area contributed by atoms with E-state index in [1.165, 1.54) is 12.1 Å². The number of nitrogens with zero attached hydrogens (tertiary/aromatic N) is 2. The molecule has 0 atom stereocenters. The Morgan fingerprint density at radius 3 is 2.49 bits per heavy atom. The van der Waals surface area contributed by atoms with E-state index in [0.717, 1.165) is 27.8 Å². The molecule has 0 unspecified atom stereocenters. The van der Waals surface area contributed by atoms with E-state index < -0.39 is 28.6 Å². The van der Waals surface area contributed by atoms with Crippen molar-refractivity contribution in [3.05, 3.63) is 80.8 Å². The molecular weight excluding hydrogens is 500 g/mol. The molecule has 1 saturated heterocycles. The second-order valence-corrected chi connectivity index (χ2v) is 8.71. The molecule has 11 heteroatoms. The van der Waals surface area contributed by atoms with E-state index in [9.17, 15) is 24.5 Å². The van der Waals surface area contributed by atoms with Crippen molar-refractivity contribution in [2.24, 2.45) is 0 Å². The Hall–Kier alpha value is -4.12. The van der Waals surface area contributed by atoms with Crippen LogP contribution in [0.2, 0.25) is 0 Å². The Morgan fingerprint density at radius 1 is 1.14 bits per heavy atom. The average molecular weight is 527 g/mol. The number of carbonyl (C=O) groups is 3. The first-order valence-electron chi connectivity index (χ1n) is 11.4. The molecule has 1 heterocycles. The molecular formula is C26H26N2O8S. The Balaban J connectivity index is 1.88. The van der Waals surface area contributed by atoms with Crippen molar-refractivity contribution < 1.29 is 33.5 Å². The highest BCUT2D eigenvalue weighted by molar-refractivity contribution is 8.18. The van der Waals surface area contributed by atoms with Crippen LogP contribution >= 0.6 is 11.8 Å². The van der Waals surface area contributed by atoms with Gasteiger partial charge in [0.2, 0.25) is 0 Å². The zero-order valence-electron chi connectivity index (χ0n) is 20.4. The van der Waals surface area contributed by atoms with Crippen molar-refractivity contribution >= 4 is 40.6 Å². The van der Waals surface area contributed by atoms with Crippen molar-refractivity contribution in [3.63, 3.8) is 0 Å². The standard InChI is InChI=1S/C26H26N2O8S/c1-4-7-19-12-18(14-22-25(30)27(26(31)37-22)15-23(29)35-6-3)13-21(34-5-2)24(19)36-16-17-8-10-20(11-9-17)28(32)33/h4,8-14H,1,5-7,15-16H2,2-3H3/b22-14+. The molecule has 0 aromatic heterocycles. The van der Waals surface area contributed by atoms with Gasteiger partial charge >= 0.3 is 5.97 Å². The number of hydrogen-bond acceptors (Lipinski definition) is 9. The molecule has 2 aromatic carbocycles. The predicted molar refractivity (Wildman–Crippen MR) is 138 cm³/mol. The third-order valence-electron chi connectivity index (χ3n) is 5.11. The summed E-state index contributed by atoms with van der Waals surface area (Å²) in [5.41, 5.74) is 2.06. The topological polar surface area (TPSA) is 125 Å². The van der Waals surface area contributed by atoms with Gasteiger partial charge in [-0.05, 0) is 73.5 Å². The molecule has 1 aliphatic heterocycles. The number of ether oxygens (including phenoxy) is 3. The van der Waals surface area contributed by atoms with E-state index in [1.54, 1.807) is 43.3 Å². The fourth-order valence-electron chi connectivity index (χ4n) is 3.49. The predicted octanol–water partition coefficient (Wildman–Crippen LogP) is 4.90. The lowest BCUT2D eigenvalue weighted by Gasteiger charge is -2.17. The molecule has 1 aliphatic rings. The molecule has 0 radical (unpaired) electrons. The zero-order valence-corrected chi connectivity index (χ0v) is 21.2. The molecule has 0 bridgehead atoms. The van der Waals surface area contributed by atoms with Gasteiger partial charge in [-0.15, -0.1) is 6.58 Å². The fourth-order valence-corrected chi connectivity index (χ4v) is 4.33. The van der Waals surface area contributed by atoms with Gasteiger partial charge in [0.25, 0.3) is 16.8 Å². The van der Waals surface area contributed by atoms with Crippen LogP contribution in [0, 0.1) is 10.1 Å². The molecule has 1 fully saturated rings. The van der Waals surface area contributed by atoms with E-state index in [1.807, 2.05) is 6.92 Å². The van der Waals surface area contributed by atoms with E-state index in [4.69, 9.17) is 14.2 Å². The third kappa shape index (κ3) is 6.98. The van der Waals surface area contributed by atoms with Crippen molar-refractivity contribution in [3.8, 4) is 11.5 Å². The minimum absolute atomic E-state index is 0.0119. The lowest BCUT2D eigenvalue weighted by molar-refractivity contribution is -0.384. The number of esters is 1. The van der Waals surface area contributed by atoms with Gasteiger partial charge in [0, 0.05) is 17.7 Å². The summed E-state index contributed by atoms with van der Waals surface area (Å²) < 4.78 is 16.7. The monoisotopic (exact) mass is 526 g/mol. The summed E-state index contributed by atoms with van der Waals surface area (Å²) in [6, 6.07) is 9.55. The normalized spacial score (nSPS) is 14.1. The Bertz CT molecular complexity index is 1240. The van der Waals surface area contributed by atoms with Crippen molar-refractivity contribution in [1.29, 1.82) is 0 Å². The number of hydrogen-bond donors (Lipinski definition) is 0. The fraction of sp³-hybridized carbons (Fsp3) is 0.269. The number of amides is 2. The molecule has 0 N–H and O–H groups in total. The van der Waals surface area contributed by atoms with Crippen LogP contribution in [0.5, 0.6) is 11.5 Å². The van der Waals surface area contributed by atoms with Crippen LogP contribution in [0.25, 0.3) is 6.08 Å². The number of benzene rings is 2. The van der Waals surface area contributed by atoms with E-state index in [2.05, 4.69) is 6.58 Å². The Labute approximate surface area is 218 Å². The number of nitro groups is 1. The third-order valence-corrected chi connectivity index (χ3v) is 6.02. The molecule has 0 aliphatic carbocycles. The van der Waals surface area contributed by atoms with E-state index in [0.29, 0.717) is 30.1 Å². The van der Waals surface area contributed by atoms with E-state index in [-0.39, 0.29) is 23.8 Å². The van der Waals surface area contributed by atoms with Crippen LogP contribution in [0.15, 0.2) is 54.0 Å². The maximum Gasteiger partial charge on any atom is 0.326 e. The number of imide groups is 1. The van der Waals surface area contributed by atoms with Crippen LogP contribution in [0.4, 0.5) is 10.5 Å². The SMILES string of the molecule is C=CCc1cc(/C=C2/SC(=O)N(CC(=O)OCC)C2=O)cc(OCC)c1OCc1ccc([N+](=O)[O-])cc1. The second-order valence-electron chi connectivity index (χ2n) is 7.72. The summed E-state index contributed by atoms with van der Waals surface area (Å²) in [6.45, 7) is 7.45. The molecule has 194 valence electrons. The van der Waals surface area contributed by atoms with Gasteiger partial charge in [-0.1, -0.05) is 6.08 Å². The smallest absolute Gasteiger partial charge is 0.326 e. The minimum atomic E-state index is -0.660. The highest BCUT2D eigenvalue weighted by Crippen LogP contribution is 2.37. The molecule has 10 nitrogen and oxygen atoms in total. The maximum absolute atomic E-state index is 12.8. The summed E-state index contributed by atoms with van der Waals surface area (Å²) in [5.74, 6) is -0.328. The second kappa shape index (κ2) is 12.7. The van der Waals surface area contributed by atoms with Crippen LogP contribution in [-0.2, 0) is 27.4 Å². The molecule has 0 spiro atoms. The van der Waals surface area contributed by atoms with Gasteiger partial charge in [-0.2, -0.15) is 0 Å². The van der Waals surface area contributed by atoms with Crippen LogP contribution in [0.1, 0.15) is 30.5 Å². The first-order valence-corrected chi connectivity index (χ1v) is 12.3. The van der Waals surface area contributed by atoms with Crippen LogP contribution in [-0.4, -0.2) is 46.7 Å². The number of thioether (sulfide) groups is 1. The molecule has 2 amide bonds. The van der Waals surface area contributed by atoms with Gasteiger partial charge < -0.3 is 14.2 Å². The number of carbonyl (C=O) groups excluding carboxylic acids is 3. The summed E-state index contributed by atoms with van der Waals surface area (Å²) >= 11 is 0.741. The lowest BCUT2D eigenvalue weighted by Crippen LogP contribution is -2.34. The largest absolute Gasteiger partial charge is 0.490 e. The molecule has 2 aromatic rings. The van der Waals surface area contributed by atoms with Gasteiger partial charge in [0.1, 0.15) is 13.2 Å². The van der Waals surface area contributed by atoms with Gasteiger partial charge in [0.15, 0.2) is 11.5 Å². The summed E-state index contributed by atoms with van der Waals surface area (Å²) in [7, 11) is 0. The van der Waals surface area contributed by atoms with Crippen molar-refractivity contribution in [1.82, 2.24) is 4.90 Å². The average Bonchev–Trinajstić information content (AvgIpc) is 3.11. The first kappa shape index (κ1) is 27.5. The maximum atomic E-state index is 12.8. The van der Waals surface area contributed by atoms with E-state index >= 15 is 0 Å². The number of nitro benzene ring substituents is 1. The number of allylic oxidation sites excluding steroid dienone is 1. The summed E-state index contributed by atoms with van der Waals surface area (Å²) in [6.07, 6.45) is 3.69. The first-order chi connectivity index (χ1) is 17.8. The number of non-ortho nitro benzene ring substituents is 1. The summed E-state index contributed by atoms with van der Waals surface area (Å²) in [4.78, 5) is 48.3. The molecule has 3 rings (SSSR count). The quantitative estimate of drug-likeness (QED) is 0.125. The van der Waals surface area contributed by atoms with Crippen molar-refractivity contribution in [2.75, 3.05) is 19.8 Å². The van der Waals surface area contributed by atoms with Gasteiger partial charge in [-0.3, -0.25) is 29.4 Å². The van der Waals surface area contributed by atoms with Gasteiger partial charge in [0.05, 0.1) is 23.0 Å². The Morgan fingerprint density at radius 2 is 1.86 bits per heavy atom. The highest BCUT2D eigenvalue weighted by Gasteiger charge is 2.36. The summed E-state index contributed by atoms with van der Waals surface area (Å²) in [5, 5.41) is 10.3. The highest BCUT2D eigenvalue weighted by atomic mass is 32.2. The molecule has 0 saturated carbocycles. The van der Waals surface area contributed by atoms with Crippen molar-refractivity contribution in [2.45, 2.75) is 26.9 Å². The van der Waals surface area contributed by atoms with Crippen LogP contribution in [0.3, 0.4) is 0 Å². The lowest BCUT2D eigenvalue weighted by atomic mass is 10.0. The minimum Gasteiger partial charge on any atom is -0.490 e. The van der Waals surface area contributed by atoms with Crippen LogP contribution < -0.4 is 9.47 Å². The molecule has 37 heavy (non-hydrogen) atoms. The zero-order chi connectivity index (χ0) is 26.9. The van der Waals surface area contributed by atoms with Gasteiger partial charge in [-0.25, -0.2) is 0 Å².